The lowest BCUT2D eigenvalue weighted by atomic mass is 9.85. The summed E-state index contributed by atoms with van der Waals surface area (Å²) >= 11 is 12.4. The number of anilines is 1. The number of pyridine rings is 1. The molecular weight excluding hydrogens is 519 g/mol. The van der Waals surface area contributed by atoms with Crippen LogP contribution in [-0.4, -0.2) is 29.9 Å². The first-order chi connectivity index (χ1) is 18.4. The lowest BCUT2D eigenvalue weighted by Crippen LogP contribution is -2.25. The Morgan fingerprint density at radius 1 is 1.00 bits per heavy atom. The lowest BCUT2D eigenvalue weighted by Gasteiger charge is -2.27. The zero-order valence-corrected chi connectivity index (χ0v) is 22.9. The van der Waals surface area contributed by atoms with Gasteiger partial charge in [0.1, 0.15) is 5.82 Å². The highest BCUT2D eigenvalue weighted by molar-refractivity contribution is 6.39. The molecule has 0 spiro atoms. The van der Waals surface area contributed by atoms with Crippen LogP contribution in [0, 0.1) is 11.8 Å². The third-order valence-corrected chi connectivity index (χ3v) is 7.65. The molecule has 7 heteroatoms. The first kappa shape index (κ1) is 27.9. The van der Waals surface area contributed by atoms with Crippen molar-refractivity contribution in [3.05, 3.63) is 99.7 Å². The average molecular weight is 552 g/mol. The number of nitrogens with zero attached hydrogens (tertiary/aromatic N) is 1. The Morgan fingerprint density at radius 2 is 1.71 bits per heavy atom. The summed E-state index contributed by atoms with van der Waals surface area (Å²) in [5, 5.41) is 4.09. The maximum Gasteiger partial charge on any atom is 0.309 e. The molecule has 1 heterocycles. The quantitative estimate of drug-likeness (QED) is 0.207. The summed E-state index contributed by atoms with van der Waals surface area (Å²) in [6.45, 7) is 0. The van der Waals surface area contributed by atoms with Gasteiger partial charge in [0.15, 0.2) is 5.78 Å². The number of benzene rings is 2. The van der Waals surface area contributed by atoms with Gasteiger partial charge in [0.25, 0.3) is 0 Å². The van der Waals surface area contributed by atoms with E-state index in [4.69, 9.17) is 27.9 Å². The molecule has 5 nitrogen and oxygen atoms in total. The first-order valence-corrected chi connectivity index (χ1v) is 13.7. The standard InChI is InChI=1S/C31H32Cl2N2O3/c1-38-31(37)24(20-28(36)30-26(32)5-4-6-27(30)33)19-23-12-10-21(11-13-23)8-9-22-14-16-25(17-15-22)35-29-7-2-3-18-34-29/h2-13,18,22,24-25H,14-17,19-20H2,1H3,(H,34,35)/b9-8+/t22?,24-,25?/m1/s1. The molecule has 0 amide bonds. The fourth-order valence-electron chi connectivity index (χ4n) is 4.91. The number of rotatable bonds is 10. The highest BCUT2D eigenvalue weighted by Crippen LogP contribution is 2.29. The van der Waals surface area contributed by atoms with Crippen molar-refractivity contribution < 1.29 is 14.3 Å². The Morgan fingerprint density at radius 3 is 2.34 bits per heavy atom. The minimum Gasteiger partial charge on any atom is -0.469 e. The number of esters is 1. The molecule has 1 fully saturated rings. The van der Waals surface area contributed by atoms with Gasteiger partial charge in [-0.15, -0.1) is 0 Å². The number of nitrogens with one attached hydrogen (secondary N) is 1. The van der Waals surface area contributed by atoms with E-state index in [2.05, 4.69) is 22.5 Å². The summed E-state index contributed by atoms with van der Waals surface area (Å²) in [6, 6.07) is 19.4. The van der Waals surface area contributed by atoms with Crippen LogP contribution in [0.4, 0.5) is 5.82 Å². The molecule has 1 atom stereocenters. The van der Waals surface area contributed by atoms with Crippen molar-refractivity contribution in [1.29, 1.82) is 0 Å². The second kappa shape index (κ2) is 13.6. The molecule has 1 aliphatic rings. The van der Waals surface area contributed by atoms with Crippen molar-refractivity contribution in [1.82, 2.24) is 4.98 Å². The van der Waals surface area contributed by atoms with Gasteiger partial charge in [0.2, 0.25) is 0 Å². The molecule has 198 valence electrons. The first-order valence-electron chi connectivity index (χ1n) is 12.9. The second-order valence-corrected chi connectivity index (χ2v) is 10.5. The summed E-state index contributed by atoms with van der Waals surface area (Å²) < 4.78 is 4.98. The smallest absolute Gasteiger partial charge is 0.309 e. The van der Waals surface area contributed by atoms with Gasteiger partial charge >= 0.3 is 5.97 Å². The van der Waals surface area contributed by atoms with Gasteiger partial charge in [0, 0.05) is 18.7 Å². The van der Waals surface area contributed by atoms with Gasteiger partial charge < -0.3 is 10.1 Å². The number of aromatic nitrogens is 1. The molecule has 0 unspecified atom stereocenters. The highest BCUT2D eigenvalue weighted by Gasteiger charge is 2.26. The van der Waals surface area contributed by atoms with Crippen LogP contribution >= 0.6 is 23.2 Å². The number of ketones is 1. The molecule has 3 aromatic rings. The number of ether oxygens (including phenoxy) is 1. The van der Waals surface area contributed by atoms with E-state index in [1.165, 1.54) is 7.11 Å². The van der Waals surface area contributed by atoms with Crippen LogP contribution in [0.15, 0.2) is 72.9 Å². The summed E-state index contributed by atoms with van der Waals surface area (Å²) in [7, 11) is 1.33. The fraction of sp³-hybridized carbons (Fsp3) is 0.323. The number of Topliss-reactive ketones (excluding diaryl/α,β-unsaturated/α-hetero) is 1. The van der Waals surface area contributed by atoms with Gasteiger partial charge in [-0.05, 0) is 73.4 Å². The number of hydrogen-bond donors (Lipinski definition) is 1. The second-order valence-electron chi connectivity index (χ2n) is 9.72. The molecule has 0 radical (unpaired) electrons. The number of methoxy groups -OCH3 is 1. The Labute approximate surface area is 234 Å². The fourth-order valence-corrected chi connectivity index (χ4v) is 5.51. The largest absolute Gasteiger partial charge is 0.469 e. The molecule has 2 aromatic carbocycles. The zero-order valence-electron chi connectivity index (χ0n) is 21.4. The van der Waals surface area contributed by atoms with Gasteiger partial charge in [-0.25, -0.2) is 4.98 Å². The van der Waals surface area contributed by atoms with Crippen LogP contribution in [-0.2, 0) is 16.0 Å². The van der Waals surface area contributed by atoms with E-state index in [1.807, 2.05) is 48.7 Å². The molecule has 38 heavy (non-hydrogen) atoms. The van der Waals surface area contributed by atoms with Gasteiger partial charge in [0.05, 0.1) is 28.6 Å². The normalized spacial score (nSPS) is 18.2. The number of hydrogen-bond acceptors (Lipinski definition) is 5. The molecule has 1 saturated carbocycles. The van der Waals surface area contributed by atoms with Crippen molar-refractivity contribution in [3.63, 3.8) is 0 Å². The van der Waals surface area contributed by atoms with Crippen LogP contribution in [0.2, 0.25) is 10.0 Å². The van der Waals surface area contributed by atoms with E-state index < -0.39 is 11.9 Å². The topological polar surface area (TPSA) is 68.3 Å². The Hall–Kier alpha value is -3.15. The molecule has 1 aromatic heterocycles. The maximum atomic E-state index is 12.9. The molecule has 4 rings (SSSR count). The Kier molecular flexibility index (Phi) is 9.97. The van der Waals surface area contributed by atoms with Crippen molar-refractivity contribution in [2.75, 3.05) is 12.4 Å². The number of allylic oxidation sites excluding steroid dienone is 1. The molecular formula is C31H32Cl2N2O3. The summed E-state index contributed by atoms with van der Waals surface area (Å²) in [4.78, 5) is 29.7. The van der Waals surface area contributed by atoms with Gasteiger partial charge in [-0.1, -0.05) is 71.8 Å². The summed E-state index contributed by atoms with van der Waals surface area (Å²) in [6.07, 6.45) is 11.2. The number of carbonyl (C=O) groups is 2. The molecule has 0 aliphatic heterocycles. The van der Waals surface area contributed by atoms with Crippen LogP contribution in [0.1, 0.15) is 53.6 Å². The minimum atomic E-state index is -0.629. The summed E-state index contributed by atoms with van der Waals surface area (Å²) in [5.41, 5.74) is 2.31. The van der Waals surface area contributed by atoms with E-state index in [0.29, 0.717) is 18.4 Å². The van der Waals surface area contributed by atoms with Crippen LogP contribution in [0.3, 0.4) is 0 Å². The van der Waals surface area contributed by atoms with E-state index >= 15 is 0 Å². The number of carbonyl (C=O) groups excluding carboxylic acids is 2. The summed E-state index contributed by atoms with van der Waals surface area (Å²) in [5.74, 6) is 0.163. The Balaban J connectivity index is 1.31. The highest BCUT2D eigenvalue weighted by atomic mass is 35.5. The van der Waals surface area contributed by atoms with Crippen molar-refractivity contribution in [2.24, 2.45) is 11.8 Å². The average Bonchev–Trinajstić information content (AvgIpc) is 2.93. The van der Waals surface area contributed by atoms with Gasteiger partial charge in [-0.2, -0.15) is 0 Å². The van der Waals surface area contributed by atoms with Crippen LogP contribution < -0.4 is 5.32 Å². The van der Waals surface area contributed by atoms with Crippen molar-refractivity contribution >= 4 is 46.8 Å². The van der Waals surface area contributed by atoms with E-state index in [9.17, 15) is 9.59 Å². The van der Waals surface area contributed by atoms with E-state index in [-0.39, 0.29) is 27.8 Å². The third kappa shape index (κ3) is 7.68. The third-order valence-electron chi connectivity index (χ3n) is 7.02. The molecule has 1 aliphatic carbocycles. The SMILES string of the molecule is COC(=O)[C@@H](CC(=O)c1c(Cl)cccc1Cl)Cc1ccc(/C=C/C2CCC(Nc3ccccn3)CC2)cc1. The molecule has 1 N–H and O–H groups in total. The Bertz CT molecular complexity index is 1230. The van der Waals surface area contributed by atoms with Crippen molar-refractivity contribution in [3.8, 4) is 0 Å². The lowest BCUT2D eigenvalue weighted by molar-refractivity contribution is -0.145. The number of halogens is 2. The minimum absolute atomic E-state index is 0.0321. The predicted octanol–water partition coefficient (Wildman–Crippen LogP) is 7.68. The van der Waals surface area contributed by atoms with E-state index in [0.717, 1.165) is 42.6 Å². The monoisotopic (exact) mass is 550 g/mol. The van der Waals surface area contributed by atoms with Crippen LogP contribution in [0.25, 0.3) is 6.08 Å². The van der Waals surface area contributed by atoms with E-state index in [1.54, 1.807) is 18.2 Å². The zero-order chi connectivity index (χ0) is 26.9. The van der Waals surface area contributed by atoms with Crippen molar-refractivity contribution in [2.45, 2.75) is 44.6 Å². The van der Waals surface area contributed by atoms with Crippen LogP contribution in [0.5, 0.6) is 0 Å². The maximum absolute atomic E-state index is 12.9. The van der Waals surface area contributed by atoms with Gasteiger partial charge in [-0.3, -0.25) is 9.59 Å². The molecule has 0 bridgehead atoms. The predicted molar refractivity (Wildman–Crippen MR) is 154 cm³/mol. The molecule has 0 saturated heterocycles.